The molecule has 0 atom stereocenters. The normalized spacial score (nSPS) is 11.2. The number of aryl methyl sites for hydroxylation is 1. The second kappa shape index (κ2) is 7.56. The van der Waals surface area contributed by atoms with Crippen LogP contribution in [0.5, 0.6) is 0 Å². The van der Waals surface area contributed by atoms with Gasteiger partial charge in [0.05, 0.1) is 35.5 Å². The highest BCUT2D eigenvalue weighted by Crippen LogP contribution is 2.31. The number of imidazole rings is 1. The maximum absolute atomic E-state index is 12.3. The predicted molar refractivity (Wildman–Crippen MR) is 121 cm³/mol. The smallest absolute Gasteiger partial charge is 0.251 e. The molecule has 0 saturated carbocycles. The van der Waals surface area contributed by atoms with Gasteiger partial charge in [-0.05, 0) is 30.3 Å². The highest BCUT2D eigenvalue weighted by molar-refractivity contribution is 6.07. The Morgan fingerprint density at radius 3 is 2.74 bits per heavy atom. The molecule has 0 bridgehead atoms. The largest absolute Gasteiger partial charge is 0.371 e. The van der Waals surface area contributed by atoms with Crippen LogP contribution < -0.4 is 10.6 Å². The van der Waals surface area contributed by atoms with Crippen LogP contribution in [0.15, 0.2) is 60.9 Å². The molecular weight excluding hydrogens is 390 g/mol. The van der Waals surface area contributed by atoms with E-state index in [1.165, 1.54) is 0 Å². The van der Waals surface area contributed by atoms with Crippen molar-refractivity contribution < 1.29 is 4.79 Å². The van der Waals surface area contributed by atoms with Crippen LogP contribution in [0.2, 0.25) is 0 Å². The van der Waals surface area contributed by atoms with Gasteiger partial charge in [0.25, 0.3) is 5.91 Å². The molecule has 0 saturated heterocycles. The van der Waals surface area contributed by atoms with Crippen LogP contribution in [0.3, 0.4) is 0 Å². The summed E-state index contributed by atoms with van der Waals surface area (Å²) >= 11 is 0. The van der Waals surface area contributed by atoms with E-state index in [0.717, 1.165) is 45.0 Å². The molecule has 0 spiro atoms. The van der Waals surface area contributed by atoms with Crippen LogP contribution >= 0.6 is 0 Å². The number of amides is 1. The minimum Gasteiger partial charge on any atom is -0.371 e. The first-order valence-corrected chi connectivity index (χ1v) is 9.95. The molecule has 5 aromatic rings. The summed E-state index contributed by atoms with van der Waals surface area (Å²) in [5.74, 6) is 0.600. The van der Waals surface area contributed by atoms with Crippen molar-refractivity contribution in [3.05, 3.63) is 72.2 Å². The van der Waals surface area contributed by atoms with Crippen LogP contribution in [0.1, 0.15) is 16.1 Å². The highest BCUT2D eigenvalue weighted by atomic mass is 16.1. The summed E-state index contributed by atoms with van der Waals surface area (Å²) in [6.45, 7) is 0.343. The minimum absolute atomic E-state index is 0.124. The number of hydrogen-bond donors (Lipinski definition) is 3. The number of carbonyl (C=O) groups excluding carboxylic acids is 1. The first-order valence-electron chi connectivity index (χ1n) is 9.95. The number of carbonyl (C=O) groups is 1. The Hall–Kier alpha value is -4.20. The van der Waals surface area contributed by atoms with E-state index < -0.39 is 0 Å². The second-order valence-corrected chi connectivity index (χ2v) is 7.27. The van der Waals surface area contributed by atoms with Crippen LogP contribution in [0.25, 0.3) is 33.5 Å². The number of rotatable bonds is 5. The zero-order chi connectivity index (χ0) is 21.4. The first-order chi connectivity index (χ1) is 15.1. The van der Waals surface area contributed by atoms with Crippen molar-refractivity contribution in [3.63, 3.8) is 0 Å². The van der Waals surface area contributed by atoms with E-state index >= 15 is 0 Å². The number of benzene rings is 1. The number of aromatic amines is 1. The average Bonchev–Trinajstić information content (AvgIpc) is 3.41. The molecule has 8 heteroatoms. The fourth-order valence-electron chi connectivity index (χ4n) is 3.70. The number of fused-ring (bicyclic) bond motifs is 3. The molecule has 31 heavy (non-hydrogen) atoms. The zero-order valence-electron chi connectivity index (χ0n) is 17.2. The molecule has 0 unspecified atom stereocenters. The summed E-state index contributed by atoms with van der Waals surface area (Å²) < 4.78 is 1.99. The van der Waals surface area contributed by atoms with E-state index in [9.17, 15) is 4.79 Å². The summed E-state index contributed by atoms with van der Waals surface area (Å²) in [5.41, 5.74) is 5.63. The van der Waals surface area contributed by atoms with E-state index in [2.05, 4.69) is 25.6 Å². The molecule has 0 aliphatic carbocycles. The Labute approximate surface area is 178 Å². The van der Waals surface area contributed by atoms with Crippen molar-refractivity contribution in [3.8, 4) is 11.4 Å². The molecule has 4 heterocycles. The molecule has 0 radical (unpaired) electrons. The topological polar surface area (TPSA) is 101 Å². The van der Waals surface area contributed by atoms with Crippen LogP contribution in [0, 0.1) is 0 Å². The number of hydrogen-bond acceptors (Lipinski definition) is 5. The highest BCUT2D eigenvalue weighted by Gasteiger charge is 2.15. The maximum Gasteiger partial charge on any atom is 0.251 e. The number of anilines is 1. The van der Waals surface area contributed by atoms with Gasteiger partial charge in [0, 0.05) is 25.0 Å². The third kappa shape index (κ3) is 3.38. The number of pyridine rings is 2. The standard InChI is InChI=1S/C23H21N7O/c1-24-22-19-20(30(2)13-26-19)16-11-18(28-21(16)29-22)17-10-6-9-15(27-17)12-25-23(31)14-7-4-3-5-8-14/h3-11,13H,12H2,1-2H3,(H,25,31)(H2,24,28,29). The molecule has 3 N–H and O–H groups in total. The maximum atomic E-state index is 12.3. The molecule has 8 nitrogen and oxygen atoms in total. The monoisotopic (exact) mass is 411 g/mol. The van der Waals surface area contributed by atoms with Crippen molar-refractivity contribution in [2.75, 3.05) is 12.4 Å². The van der Waals surface area contributed by atoms with Gasteiger partial charge in [-0.3, -0.25) is 4.79 Å². The van der Waals surface area contributed by atoms with Crippen molar-refractivity contribution in [1.82, 2.24) is 29.8 Å². The first kappa shape index (κ1) is 18.8. The summed E-state index contributed by atoms with van der Waals surface area (Å²) in [7, 11) is 3.80. The lowest BCUT2D eigenvalue weighted by atomic mass is 10.2. The van der Waals surface area contributed by atoms with Gasteiger partial charge < -0.3 is 20.2 Å². The van der Waals surface area contributed by atoms with Gasteiger partial charge in [-0.15, -0.1) is 0 Å². The Balaban J connectivity index is 1.46. The molecule has 0 aliphatic rings. The van der Waals surface area contributed by atoms with Crippen molar-refractivity contribution >= 4 is 33.8 Å². The Bertz CT molecular complexity index is 1400. The van der Waals surface area contributed by atoms with Gasteiger partial charge in [0.15, 0.2) is 5.82 Å². The van der Waals surface area contributed by atoms with Gasteiger partial charge in [-0.25, -0.2) is 15.0 Å². The Morgan fingerprint density at radius 2 is 1.94 bits per heavy atom. The van der Waals surface area contributed by atoms with Crippen LogP contribution in [0.4, 0.5) is 5.82 Å². The molecule has 154 valence electrons. The lowest BCUT2D eigenvalue weighted by Gasteiger charge is -2.06. The number of nitrogens with one attached hydrogen (secondary N) is 3. The van der Waals surface area contributed by atoms with Gasteiger partial charge >= 0.3 is 0 Å². The van der Waals surface area contributed by atoms with E-state index in [-0.39, 0.29) is 5.91 Å². The van der Waals surface area contributed by atoms with Crippen molar-refractivity contribution in [1.29, 1.82) is 0 Å². The fraction of sp³-hybridized carbons (Fsp3) is 0.130. The van der Waals surface area contributed by atoms with E-state index in [0.29, 0.717) is 12.1 Å². The van der Waals surface area contributed by atoms with Gasteiger partial charge in [-0.1, -0.05) is 24.3 Å². The molecule has 0 aliphatic heterocycles. The quantitative estimate of drug-likeness (QED) is 0.411. The molecule has 0 fully saturated rings. The molecular formula is C23H21N7O. The lowest BCUT2D eigenvalue weighted by molar-refractivity contribution is 0.0950. The number of aromatic nitrogens is 5. The zero-order valence-corrected chi connectivity index (χ0v) is 17.2. The predicted octanol–water partition coefficient (Wildman–Crippen LogP) is 3.48. The summed E-state index contributed by atoms with van der Waals surface area (Å²) in [4.78, 5) is 29.5. The Morgan fingerprint density at radius 1 is 1.10 bits per heavy atom. The molecule has 5 rings (SSSR count). The summed E-state index contributed by atoms with van der Waals surface area (Å²) in [5, 5.41) is 7.01. The molecule has 1 aromatic carbocycles. The second-order valence-electron chi connectivity index (χ2n) is 7.27. The van der Waals surface area contributed by atoms with E-state index in [4.69, 9.17) is 4.98 Å². The summed E-state index contributed by atoms with van der Waals surface area (Å²) in [6, 6.07) is 17.0. The number of H-pyrrole nitrogens is 1. The summed E-state index contributed by atoms with van der Waals surface area (Å²) in [6.07, 6.45) is 1.79. The molecule has 1 amide bonds. The van der Waals surface area contributed by atoms with Gasteiger partial charge in [0.2, 0.25) is 0 Å². The van der Waals surface area contributed by atoms with Crippen LogP contribution in [-0.4, -0.2) is 37.5 Å². The lowest BCUT2D eigenvalue weighted by Crippen LogP contribution is -2.23. The third-order valence-corrected chi connectivity index (χ3v) is 5.22. The van der Waals surface area contributed by atoms with Crippen molar-refractivity contribution in [2.45, 2.75) is 6.54 Å². The number of nitrogens with zero attached hydrogens (tertiary/aromatic N) is 4. The van der Waals surface area contributed by atoms with E-state index in [1.807, 2.05) is 61.1 Å². The fourth-order valence-corrected chi connectivity index (χ4v) is 3.70. The molecule has 4 aromatic heterocycles. The van der Waals surface area contributed by atoms with Crippen molar-refractivity contribution in [2.24, 2.45) is 7.05 Å². The minimum atomic E-state index is -0.124. The average molecular weight is 411 g/mol. The van der Waals surface area contributed by atoms with E-state index in [1.54, 1.807) is 18.5 Å². The Kier molecular flexibility index (Phi) is 4.59. The van der Waals surface area contributed by atoms with Gasteiger partial charge in [0.1, 0.15) is 11.2 Å². The van der Waals surface area contributed by atoms with Crippen LogP contribution in [-0.2, 0) is 13.6 Å². The SMILES string of the molecule is CNc1nc2[nH]c(-c3cccc(CNC(=O)c4ccccc4)n3)cc2c2c1ncn2C. The third-order valence-electron chi connectivity index (χ3n) is 5.22. The van der Waals surface area contributed by atoms with Gasteiger partial charge in [-0.2, -0.15) is 0 Å².